The van der Waals surface area contributed by atoms with Gasteiger partial charge in [0.05, 0.1) is 11.6 Å². The Bertz CT molecular complexity index is 1020. The fraction of sp³-hybridized carbons (Fsp3) is 0.348. The van der Waals surface area contributed by atoms with Crippen molar-refractivity contribution in [2.45, 2.75) is 25.5 Å². The molecule has 1 N–H and O–H groups in total. The summed E-state index contributed by atoms with van der Waals surface area (Å²) in [6, 6.07) is 8.26. The second kappa shape index (κ2) is 7.91. The maximum atomic E-state index is 13.0. The molecule has 1 aromatic carbocycles. The molecule has 7 nitrogen and oxygen atoms in total. The average molecular weight is 407 g/mol. The Morgan fingerprint density at radius 3 is 2.80 bits per heavy atom. The first-order chi connectivity index (χ1) is 14.4. The second-order valence-electron chi connectivity index (χ2n) is 8.04. The monoisotopic (exact) mass is 407 g/mol. The van der Waals surface area contributed by atoms with E-state index in [4.69, 9.17) is 4.74 Å². The van der Waals surface area contributed by atoms with E-state index in [-0.39, 0.29) is 17.4 Å². The fourth-order valence-electron chi connectivity index (χ4n) is 4.03. The molecule has 1 aromatic heterocycles. The van der Waals surface area contributed by atoms with E-state index in [1.54, 1.807) is 30.6 Å². The van der Waals surface area contributed by atoms with Crippen LogP contribution in [0.1, 0.15) is 29.7 Å². The number of hydrogen-bond donors (Lipinski definition) is 1. The Morgan fingerprint density at radius 1 is 1.30 bits per heavy atom. The summed E-state index contributed by atoms with van der Waals surface area (Å²) in [4.78, 5) is 33.4. The van der Waals surface area contributed by atoms with Crippen molar-refractivity contribution in [1.82, 2.24) is 14.8 Å². The number of fused-ring (bicyclic) bond motifs is 1. The van der Waals surface area contributed by atoms with Gasteiger partial charge < -0.3 is 19.6 Å². The summed E-state index contributed by atoms with van der Waals surface area (Å²) in [6.07, 6.45) is 4.08. The van der Waals surface area contributed by atoms with Crippen LogP contribution in [0.5, 0.6) is 5.75 Å². The first kappa shape index (κ1) is 20.1. The first-order valence-corrected chi connectivity index (χ1v) is 10.00. The lowest BCUT2D eigenvalue weighted by Crippen LogP contribution is -2.35. The Morgan fingerprint density at radius 2 is 2.10 bits per heavy atom. The number of benzene rings is 1. The lowest BCUT2D eigenvalue weighted by molar-refractivity contribution is -0.140. The molecular formula is C23H25N3O4. The van der Waals surface area contributed by atoms with Crippen LogP contribution in [0.4, 0.5) is 0 Å². The van der Waals surface area contributed by atoms with Crippen LogP contribution < -0.4 is 4.74 Å². The highest BCUT2D eigenvalue weighted by Crippen LogP contribution is 2.40. The van der Waals surface area contributed by atoms with Crippen molar-refractivity contribution in [2.75, 3.05) is 27.2 Å². The van der Waals surface area contributed by atoms with E-state index < -0.39 is 17.7 Å². The van der Waals surface area contributed by atoms with Crippen molar-refractivity contribution in [2.24, 2.45) is 0 Å². The number of likely N-dealkylation sites (N-methyl/N-ethyl adjacent to an activating group) is 1. The van der Waals surface area contributed by atoms with Crippen LogP contribution in [-0.2, 0) is 16.0 Å². The van der Waals surface area contributed by atoms with Crippen LogP contribution in [0.25, 0.3) is 5.76 Å². The van der Waals surface area contributed by atoms with Crippen LogP contribution in [0.3, 0.4) is 0 Å². The standard InChI is InChI=1S/C23H25N3O4/c1-14-11-17-12-15(6-7-18(17)30-14)21(27)19-20(16-5-4-8-24-13-16)26(10-9-25(2)3)23(29)22(19)28/h4-8,12-14,20,27H,9-11H2,1-3H3/b21-19-. The van der Waals surface area contributed by atoms with E-state index in [1.165, 1.54) is 4.90 Å². The molecule has 0 saturated carbocycles. The number of ether oxygens (including phenoxy) is 1. The van der Waals surface area contributed by atoms with Gasteiger partial charge in [0.25, 0.3) is 11.7 Å². The molecule has 0 aliphatic carbocycles. The number of Topliss-reactive ketones (excluding diaryl/α,β-unsaturated/α-hetero) is 1. The highest BCUT2D eigenvalue weighted by Gasteiger charge is 2.46. The predicted molar refractivity (Wildman–Crippen MR) is 112 cm³/mol. The number of pyridine rings is 1. The molecule has 2 aliphatic heterocycles. The lowest BCUT2D eigenvalue weighted by atomic mass is 9.95. The third-order valence-electron chi connectivity index (χ3n) is 5.50. The number of aliphatic hydroxyl groups excluding tert-OH is 1. The van der Waals surface area contributed by atoms with E-state index >= 15 is 0 Å². The van der Waals surface area contributed by atoms with Gasteiger partial charge in [-0.1, -0.05) is 6.07 Å². The van der Waals surface area contributed by atoms with Gasteiger partial charge in [-0.15, -0.1) is 0 Å². The van der Waals surface area contributed by atoms with E-state index in [9.17, 15) is 14.7 Å². The number of hydrogen-bond acceptors (Lipinski definition) is 6. The molecule has 2 aromatic rings. The third kappa shape index (κ3) is 3.57. The van der Waals surface area contributed by atoms with Gasteiger partial charge in [-0.25, -0.2) is 0 Å². The maximum Gasteiger partial charge on any atom is 0.295 e. The zero-order chi connectivity index (χ0) is 21.4. The number of aromatic nitrogens is 1. The van der Waals surface area contributed by atoms with Gasteiger partial charge >= 0.3 is 0 Å². The molecule has 1 amide bonds. The van der Waals surface area contributed by atoms with Crippen molar-refractivity contribution in [3.8, 4) is 5.75 Å². The molecule has 30 heavy (non-hydrogen) atoms. The first-order valence-electron chi connectivity index (χ1n) is 10.00. The Hall–Kier alpha value is -3.19. The van der Waals surface area contributed by atoms with Gasteiger partial charge in [-0.2, -0.15) is 0 Å². The summed E-state index contributed by atoms with van der Waals surface area (Å²) in [5, 5.41) is 11.1. The van der Waals surface area contributed by atoms with E-state index in [1.807, 2.05) is 38.1 Å². The molecule has 0 bridgehead atoms. The van der Waals surface area contributed by atoms with Crippen molar-refractivity contribution < 1.29 is 19.4 Å². The number of likely N-dealkylation sites (tertiary alicyclic amines) is 1. The van der Waals surface area contributed by atoms with Gasteiger partial charge in [0.1, 0.15) is 17.6 Å². The highest BCUT2D eigenvalue weighted by molar-refractivity contribution is 6.46. The summed E-state index contributed by atoms with van der Waals surface area (Å²) in [5.41, 5.74) is 2.27. The van der Waals surface area contributed by atoms with E-state index in [2.05, 4.69) is 4.98 Å². The Kier molecular flexibility index (Phi) is 5.30. The summed E-state index contributed by atoms with van der Waals surface area (Å²) in [5.74, 6) is -0.665. The summed E-state index contributed by atoms with van der Waals surface area (Å²) in [6.45, 7) is 2.94. The second-order valence-corrected chi connectivity index (χ2v) is 8.04. The molecule has 4 rings (SSSR count). The molecule has 0 radical (unpaired) electrons. The van der Waals surface area contributed by atoms with E-state index in [0.29, 0.717) is 24.2 Å². The third-order valence-corrected chi connectivity index (χ3v) is 5.50. The van der Waals surface area contributed by atoms with E-state index in [0.717, 1.165) is 17.7 Å². The Balaban J connectivity index is 1.80. The summed E-state index contributed by atoms with van der Waals surface area (Å²) < 4.78 is 5.73. The Labute approximate surface area is 175 Å². The number of ketones is 1. The maximum absolute atomic E-state index is 13.0. The summed E-state index contributed by atoms with van der Waals surface area (Å²) in [7, 11) is 3.81. The molecule has 1 saturated heterocycles. The van der Waals surface area contributed by atoms with Gasteiger partial charge in [0.2, 0.25) is 0 Å². The molecule has 2 unspecified atom stereocenters. The molecule has 3 heterocycles. The minimum absolute atomic E-state index is 0.0735. The minimum Gasteiger partial charge on any atom is -0.507 e. The van der Waals surface area contributed by atoms with Crippen molar-refractivity contribution in [3.05, 3.63) is 65.0 Å². The van der Waals surface area contributed by atoms with Crippen LogP contribution in [0.15, 0.2) is 48.3 Å². The van der Waals surface area contributed by atoms with Gasteiger partial charge in [0, 0.05) is 37.5 Å². The molecule has 2 aliphatic rings. The number of carbonyl (C=O) groups excluding carboxylic acids is 2. The topological polar surface area (TPSA) is 83.0 Å². The number of nitrogens with zero attached hydrogens (tertiary/aromatic N) is 3. The molecule has 156 valence electrons. The normalized spacial score (nSPS) is 22.5. The fourth-order valence-corrected chi connectivity index (χ4v) is 4.03. The van der Waals surface area contributed by atoms with Crippen LogP contribution in [0.2, 0.25) is 0 Å². The number of aliphatic hydroxyl groups is 1. The molecule has 2 atom stereocenters. The molecule has 1 fully saturated rings. The number of carbonyl (C=O) groups is 2. The minimum atomic E-state index is -0.679. The highest BCUT2D eigenvalue weighted by atomic mass is 16.5. The van der Waals surface area contributed by atoms with Crippen LogP contribution in [0, 0.1) is 0 Å². The van der Waals surface area contributed by atoms with Gasteiger partial charge in [0.15, 0.2) is 0 Å². The molecule has 0 spiro atoms. The zero-order valence-corrected chi connectivity index (χ0v) is 17.3. The largest absolute Gasteiger partial charge is 0.507 e. The predicted octanol–water partition coefficient (Wildman–Crippen LogP) is 2.39. The summed E-state index contributed by atoms with van der Waals surface area (Å²) >= 11 is 0. The quantitative estimate of drug-likeness (QED) is 0.466. The van der Waals surface area contributed by atoms with Crippen molar-refractivity contribution >= 4 is 17.4 Å². The van der Waals surface area contributed by atoms with Gasteiger partial charge in [-0.05, 0) is 56.4 Å². The molecule has 7 heteroatoms. The lowest BCUT2D eigenvalue weighted by Gasteiger charge is -2.26. The smallest absolute Gasteiger partial charge is 0.295 e. The van der Waals surface area contributed by atoms with Crippen molar-refractivity contribution in [3.63, 3.8) is 0 Å². The molecular weight excluding hydrogens is 382 g/mol. The average Bonchev–Trinajstić information content (AvgIpc) is 3.22. The van der Waals surface area contributed by atoms with Crippen LogP contribution in [-0.4, -0.2) is 64.9 Å². The van der Waals surface area contributed by atoms with Crippen LogP contribution >= 0.6 is 0 Å². The van der Waals surface area contributed by atoms with Crippen molar-refractivity contribution in [1.29, 1.82) is 0 Å². The number of rotatable bonds is 5. The SMILES string of the molecule is CC1Cc2cc(/C(O)=C3/C(=O)C(=O)N(CCN(C)C)C3c3cccnc3)ccc2O1. The zero-order valence-electron chi connectivity index (χ0n) is 17.3. The number of amides is 1. The van der Waals surface area contributed by atoms with Gasteiger partial charge in [-0.3, -0.25) is 14.6 Å².